The summed E-state index contributed by atoms with van der Waals surface area (Å²) in [5, 5.41) is 4.08. The van der Waals surface area contributed by atoms with Gasteiger partial charge in [0.2, 0.25) is 0 Å². The fourth-order valence-electron chi connectivity index (χ4n) is 2.27. The summed E-state index contributed by atoms with van der Waals surface area (Å²) in [6.45, 7) is 7.82. The quantitative estimate of drug-likeness (QED) is 0.409. The minimum absolute atomic E-state index is 0.361. The van der Waals surface area contributed by atoms with Gasteiger partial charge in [0.1, 0.15) is 5.60 Å². The fraction of sp³-hybridized carbons (Fsp3) is 0.364. The van der Waals surface area contributed by atoms with E-state index in [0.717, 1.165) is 11.1 Å². The van der Waals surface area contributed by atoms with Crippen molar-refractivity contribution in [1.29, 1.82) is 0 Å². The van der Waals surface area contributed by atoms with Crippen LogP contribution in [0.15, 0.2) is 65.8 Å². The Labute approximate surface area is 166 Å². The van der Waals surface area contributed by atoms with Crippen molar-refractivity contribution in [3.05, 3.63) is 71.8 Å². The van der Waals surface area contributed by atoms with Crippen LogP contribution in [0, 0.1) is 0 Å². The van der Waals surface area contributed by atoms with E-state index in [1.807, 2.05) is 60.7 Å². The molecule has 0 radical (unpaired) electrons. The van der Waals surface area contributed by atoms with E-state index in [2.05, 4.69) is 10.5 Å². The van der Waals surface area contributed by atoms with E-state index in [4.69, 9.17) is 14.2 Å². The fourth-order valence-corrected chi connectivity index (χ4v) is 2.27. The summed E-state index contributed by atoms with van der Waals surface area (Å²) in [6, 6.07) is 19.6. The van der Waals surface area contributed by atoms with Crippen LogP contribution in [0.4, 0.5) is 4.79 Å². The van der Waals surface area contributed by atoms with E-state index < -0.39 is 18.0 Å². The third-order valence-electron chi connectivity index (χ3n) is 3.55. The third kappa shape index (κ3) is 8.33. The predicted octanol–water partition coefficient (Wildman–Crippen LogP) is 4.65. The Kier molecular flexibility index (Phi) is 8.17. The van der Waals surface area contributed by atoms with Crippen molar-refractivity contribution in [2.24, 2.45) is 5.10 Å². The first-order valence-electron chi connectivity index (χ1n) is 9.18. The maximum absolute atomic E-state index is 11.8. The van der Waals surface area contributed by atoms with Crippen LogP contribution in [-0.4, -0.2) is 23.7 Å². The van der Waals surface area contributed by atoms with Gasteiger partial charge in [0.15, 0.2) is 6.29 Å². The van der Waals surface area contributed by atoms with Crippen molar-refractivity contribution in [2.75, 3.05) is 0 Å². The molecule has 0 aliphatic carbocycles. The second-order valence-corrected chi connectivity index (χ2v) is 7.29. The number of nitrogens with one attached hydrogen (secondary N) is 1. The average Bonchev–Trinajstić information content (AvgIpc) is 2.66. The maximum Gasteiger partial charge on any atom is 0.428 e. The van der Waals surface area contributed by atoms with E-state index in [9.17, 15) is 4.79 Å². The van der Waals surface area contributed by atoms with Gasteiger partial charge in [-0.3, -0.25) is 0 Å². The molecule has 150 valence electrons. The number of ether oxygens (including phenoxy) is 3. The summed E-state index contributed by atoms with van der Waals surface area (Å²) in [7, 11) is 0. The molecule has 0 saturated heterocycles. The minimum atomic E-state index is -0.713. The highest BCUT2D eigenvalue weighted by molar-refractivity contribution is 5.86. The molecular weight excluding hydrogens is 356 g/mol. The van der Waals surface area contributed by atoms with E-state index in [-0.39, 0.29) is 0 Å². The molecule has 0 aromatic heterocycles. The van der Waals surface area contributed by atoms with Crippen LogP contribution < -0.4 is 5.43 Å². The number of rotatable bonds is 8. The van der Waals surface area contributed by atoms with Crippen LogP contribution in [0.2, 0.25) is 0 Å². The summed E-state index contributed by atoms with van der Waals surface area (Å²) in [6.07, 6.45) is -1.34. The summed E-state index contributed by atoms with van der Waals surface area (Å²) in [4.78, 5) is 11.8. The van der Waals surface area contributed by atoms with Crippen molar-refractivity contribution in [1.82, 2.24) is 5.43 Å². The van der Waals surface area contributed by atoms with Gasteiger partial charge in [-0.2, -0.15) is 5.10 Å². The van der Waals surface area contributed by atoms with Crippen molar-refractivity contribution >= 4 is 11.8 Å². The molecule has 0 atom stereocenters. The van der Waals surface area contributed by atoms with E-state index in [1.165, 1.54) is 0 Å². The molecule has 28 heavy (non-hydrogen) atoms. The maximum atomic E-state index is 11.8. The highest BCUT2D eigenvalue weighted by atomic mass is 16.7. The van der Waals surface area contributed by atoms with Gasteiger partial charge < -0.3 is 14.2 Å². The Hall–Kier alpha value is -2.70. The number of carbonyl (C=O) groups excluding carboxylic acids is 1. The molecule has 2 rings (SSSR count). The second-order valence-electron chi connectivity index (χ2n) is 7.29. The smallest absolute Gasteiger partial charge is 0.428 e. The minimum Gasteiger partial charge on any atom is -0.443 e. The van der Waals surface area contributed by atoms with Gasteiger partial charge in [-0.25, -0.2) is 10.2 Å². The zero-order valence-electron chi connectivity index (χ0n) is 16.8. The lowest BCUT2D eigenvalue weighted by molar-refractivity contribution is -0.113. The lowest BCUT2D eigenvalue weighted by Gasteiger charge is -2.20. The highest BCUT2D eigenvalue weighted by Crippen LogP contribution is 2.10. The molecule has 0 fully saturated rings. The Morgan fingerprint density at radius 3 is 1.82 bits per heavy atom. The Balaban J connectivity index is 2.00. The molecule has 6 nitrogen and oxygen atoms in total. The number of nitrogens with zero attached hydrogens (tertiary/aromatic N) is 1. The first-order valence-corrected chi connectivity index (χ1v) is 9.18. The summed E-state index contributed by atoms with van der Waals surface area (Å²) >= 11 is 0. The zero-order chi connectivity index (χ0) is 20.4. The molecule has 0 aliphatic heterocycles. The number of hydrogen-bond donors (Lipinski definition) is 1. The molecule has 1 N–H and O–H groups in total. The molecule has 0 bridgehead atoms. The monoisotopic (exact) mass is 384 g/mol. The molecule has 6 heteroatoms. The largest absolute Gasteiger partial charge is 0.443 e. The van der Waals surface area contributed by atoms with Crippen molar-refractivity contribution in [3.8, 4) is 0 Å². The standard InChI is InChI=1S/C22H28N2O4/c1-17(23-24-21(25)28-22(2,3)4)20(26-15-18-11-7-5-8-12-18)27-16-19-13-9-6-10-14-19/h5-14,20H,15-16H2,1-4H3,(H,24,25). The third-order valence-corrected chi connectivity index (χ3v) is 3.55. The predicted molar refractivity (Wildman–Crippen MR) is 109 cm³/mol. The first-order chi connectivity index (χ1) is 13.3. The molecule has 0 aliphatic rings. The highest BCUT2D eigenvalue weighted by Gasteiger charge is 2.18. The zero-order valence-corrected chi connectivity index (χ0v) is 16.8. The van der Waals surface area contributed by atoms with E-state index in [1.54, 1.807) is 27.7 Å². The van der Waals surface area contributed by atoms with Gasteiger partial charge in [-0.15, -0.1) is 0 Å². The van der Waals surface area contributed by atoms with E-state index in [0.29, 0.717) is 18.9 Å². The van der Waals surface area contributed by atoms with Gasteiger partial charge in [0.05, 0.1) is 18.9 Å². The molecule has 2 aromatic carbocycles. The van der Waals surface area contributed by atoms with Crippen molar-refractivity contribution < 1.29 is 19.0 Å². The number of amides is 1. The van der Waals surface area contributed by atoms with Crippen LogP contribution in [0.5, 0.6) is 0 Å². The number of hydrazone groups is 1. The lowest BCUT2D eigenvalue weighted by atomic mass is 10.2. The van der Waals surface area contributed by atoms with Crippen LogP contribution in [0.1, 0.15) is 38.8 Å². The summed E-state index contributed by atoms with van der Waals surface area (Å²) < 4.78 is 17.0. The normalized spacial score (nSPS) is 12.1. The van der Waals surface area contributed by atoms with Gasteiger partial charge in [0.25, 0.3) is 0 Å². The second kappa shape index (κ2) is 10.6. The Morgan fingerprint density at radius 2 is 1.39 bits per heavy atom. The number of benzene rings is 2. The molecule has 1 amide bonds. The van der Waals surface area contributed by atoms with Crippen LogP contribution in [0.3, 0.4) is 0 Å². The topological polar surface area (TPSA) is 69.2 Å². The summed E-state index contributed by atoms with van der Waals surface area (Å²) in [5.41, 5.74) is 4.30. The van der Waals surface area contributed by atoms with Crippen LogP contribution >= 0.6 is 0 Å². The average molecular weight is 384 g/mol. The van der Waals surface area contributed by atoms with Gasteiger partial charge in [-0.1, -0.05) is 60.7 Å². The molecule has 0 saturated carbocycles. The van der Waals surface area contributed by atoms with E-state index >= 15 is 0 Å². The van der Waals surface area contributed by atoms with Gasteiger partial charge in [0, 0.05) is 0 Å². The SMILES string of the molecule is CC(=NNC(=O)OC(C)(C)C)C(OCc1ccccc1)OCc1ccccc1. The Bertz CT molecular complexity index is 712. The lowest BCUT2D eigenvalue weighted by Crippen LogP contribution is -2.32. The molecule has 2 aromatic rings. The Morgan fingerprint density at radius 1 is 0.929 bits per heavy atom. The van der Waals surface area contributed by atoms with Gasteiger partial charge in [-0.05, 0) is 38.8 Å². The van der Waals surface area contributed by atoms with Crippen LogP contribution in [-0.2, 0) is 27.4 Å². The van der Waals surface area contributed by atoms with Crippen molar-refractivity contribution in [2.45, 2.75) is 52.8 Å². The molecule has 0 unspecified atom stereocenters. The molecular formula is C22H28N2O4. The number of carbonyl (C=O) groups is 1. The first kappa shape index (κ1) is 21.6. The van der Waals surface area contributed by atoms with Crippen LogP contribution in [0.25, 0.3) is 0 Å². The number of hydrogen-bond acceptors (Lipinski definition) is 5. The molecule has 0 heterocycles. The van der Waals surface area contributed by atoms with Crippen molar-refractivity contribution in [3.63, 3.8) is 0 Å². The summed E-state index contributed by atoms with van der Waals surface area (Å²) in [5.74, 6) is 0. The van der Waals surface area contributed by atoms with Gasteiger partial charge >= 0.3 is 6.09 Å². The molecule has 0 spiro atoms.